The lowest BCUT2D eigenvalue weighted by atomic mass is 9.69. The zero-order chi connectivity index (χ0) is 10.8. The van der Waals surface area contributed by atoms with E-state index in [2.05, 4.69) is 20.8 Å². The summed E-state index contributed by atoms with van der Waals surface area (Å²) < 4.78 is 0. The monoisotopic (exact) mass is 199 g/mol. The lowest BCUT2D eigenvalue weighted by molar-refractivity contribution is 0.0587. The number of aliphatic hydroxyl groups is 1. The van der Waals surface area contributed by atoms with Gasteiger partial charge in [0.2, 0.25) is 0 Å². The molecule has 1 saturated carbocycles. The van der Waals surface area contributed by atoms with E-state index in [1.54, 1.807) is 0 Å². The molecule has 1 atom stereocenters. The van der Waals surface area contributed by atoms with Gasteiger partial charge in [0, 0.05) is 6.54 Å². The highest BCUT2D eigenvalue weighted by Gasteiger charge is 2.31. The summed E-state index contributed by atoms with van der Waals surface area (Å²) in [4.78, 5) is 0. The predicted molar refractivity (Wildman–Crippen MR) is 60.0 cm³/mol. The fourth-order valence-electron chi connectivity index (χ4n) is 2.56. The minimum Gasteiger partial charge on any atom is -0.392 e. The molecule has 1 rings (SSSR count). The molecular weight excluding hydrogens is 174 g/mol. The molecule has 0 bridgehead atoms. The maximum atomic E-state index is 9.65. The van der Waals surface area contributed by atoms with E-state index in [9.17, 15) is 5.11 Å². The van der Waals surface area contributed by atoms with Gasteiger partial charge in [0.25, 0.3) is 0 Å². The highest BCUT2D eigenvalue weighted by molar-refractivity contribution is 4.83. The molecule has 0 aromatic heterocycles. The van der Waals surface area contributed by atoms with Crippen LogP contribution in [0.5, 0.6) is 0 Å². The number of hydrogen-bond acceptors (Lipinski definition) is 2. The van der Waals surface area contributed by atoms with Crippen molar-refractivity contribution < 1.29 is 5.11 Å². The van der Waals surface area contributed by atoms with Crippen molar-refractivity contribution in [1.29, 1.82) is 0 Å². The molecular formula is C12H25NO. The van der Waals surface area contributed by atoms with E-state index in [0.717, 1.165) is 18.8 Å². The van der Waals surface area contributed by atoms with E-state index < -0.39 is 0 Å². The van der Waals surface area contributed by atoms with Crippen LogP contribution in [-0.2, 0) is 0 Å². The molecule has 0 spiro atoms. The van der Waals surface area contributed by atoms with Gasteiger partial charge in [-0.2, -0.15) is 0 Å². The summed E-state index contributed by atoms with van der Waals surface area (Å²) in [6, 6.07) is 0. The normalized spacial score (nSPS) is 31.5. The zero-order valence-electron chi connectivity index (χ0n) is 9.79. The van der Waals surface area contributed by atoms with E-state index >= 15 is 0 Å². The minimum atomic E-state index is -0.268. The van der Waals surface area contributed by atoms with Gasteiger partial charge in [-0.3, -0.25) is 0 Å². The molecule has 0 saturated heterocycles. The molecule has 0 aromatic rings. The summed E-state index contributed by atoms with van der Waals surface area (Å²) in [6.45, 7) is 7.37. The molecule has 0 amide bonds. The molecule has 1 fully saturated rings. The third-order valence-corrected chi connectivity index (χ3v) is 3.78. The first-order valence-electron chi connectivity index (χ1n) is 5.83. The van der Waals surface area contributed by atoms with E-state index in [1.807, 2.05) is 0 Å². The Labute approximate surface area is 87.9 Å². The molecule has 0 radical (unpaired) electrons. The second-order valence-electron chi connectivity index (χ2n) is 5.78. The van der Waals surface area contributed by atoms with E-state index in [4.69, 9.17) is 5.73 Å². The Morgan fingerprint density at radius 1 is 1.21 bits per heavy atom. The van der Waals surface area contributed by atoms with Crippen LogP contribution >= 0.6 is 0 Å². The molecule has 1 unspecified atom stereocenters. The standard InChI is InChI=1S/C12H25NO/c1-12(2,3)10-6-4-9(5-7-10)11(14)8-13/h9-11,14H,4-8,13H2,1-3H3. The van der Waals surface area contributed by atoms with Gasteiger partial charge in [0.1, 0.15) is 0 Å². The van der Waals surface area contributed by atoms with Crippen LogP contribution in [0.15, 0.2) is 0 Å². The Bertz CT molecular complexity index is 166. The fourth-order valence-corrected chi connectivity index (χ4v) is 2.56. The average molecular weight is 199 g/mol. The van der Waals surface area contributed by atoms with Crippen molar-refractivity contribution in [2.45, 2.75) is 52.6 Å². The van der Waals surface area contributed by atoms with Crippen molar-refractivity contribution in [2.24, 2.45) is 23.0 Å². The second-order valence-corrected chi connectivity index (χ2v) is 5.78. The van der Waals surface area contributed by atoms with Crippen LogP contribution in [0, 0.1) is 17.3 Å². The van der Waals surface area contributed by atoms with E-state index in [0.29, 0.717) is 17.9 Å². The molecule has 1 aliphatic carbocycles. The molecule has 2 nitrogen and oxygen atoms in total. The Balaban J connectivity index is 2.39. The number of hydrogen-bond donors (Lipinski definition) is 2. The number of aliphatic hydroxyl groups excluding tert-OH is 1. The van der Waals surface area contributed by atoms with E-state index in [-0.39, 0.29) is 6.10 Å². The van der Waals surface area contributed by atoms with Gasteiger partial charge in [0.05, 0.1) is 6.10 Å². The quantitative estimate of drug-likeness (QED) is 0.716. The first-order valence-corrected chi connectivity index (χ1v) is 5.83. The van der Waals surface area contributed by atoms with E-state index in [1.165, 1.54) is 12.8 Å². The predicted octanol–water partition coefficient (Wildman–Crippen LogP) is 2.16. The smallest absolute Gasteiger partial charge is 0.0690 e. The first kappa shape index (κ1) is 12.0. The largest absolute Gasteiger partial charge is 0.392 e. The van der Waals surface area contributed by atoms with Crippen LogP contribution in [0.1, 0.15) is 46.5 Å². The minimum absolute atomic E-state index is 0.268. The maximum absolute atomic E-state index is 9.65. The molecule has 3 N–H and O–H groups in total. The lowest BCUT2D eigenvalue weighted by Crippen LogP contribution is -2.34. The fraction of sp³-hybridized carbons (Fsp3) is 1.00. The van der Waals surface area contributed by atoms with Crippen LogP contribution in [0.3, 0.4) is 0 Å². The van der Waals surface area contributed by atoms with Crippen LogP contribution in [0.25, 0.3) is 0 Å². The van der Waals surface area contributed by atoms with Crippen LogP contribution in [0.2, 0.25) is 0 Å². The van der Waals surface area contributed by atoms with Gasteiger partial charge >= 0.3 is 0 Å². The molecule has 1 aliphatic rings. The van der Waals surface area contributed by atoms with Gasteiger partial charge in [-0.05, 0) is 42.9 Å². The zero-order valence-corrected chi connectivity index (χ0v) is 9.79. The average Bonchev–Trinajstić information content (AvgIpc) is 2.15. The van der Waals surface area contributed by atoms with Crippen molar-refractivity contribution in [3.63, 3.8) is 0 Å². The van der Waals surface area contributed by atoms with Gasteiger partial charge in [-0.1, -0.05) is 20.8 Å². The molecule has 14 heavy (non-hydrogen) atoms. The van der Waals surface area contributed by atoms with Crippen molar-refractivity contribution >= 4 is 0 Å². The summed E-state index contributed by atoms with van der Waals surface area (Å²) in [5.41, 5.74) is 5.90. The van der Waals surface area contributed by atoms with Crippen molar-refractivity contribution in [3.8, 4) is 0 Å². The van der Waals surface area contributed by atoms with Gasteiger partial charge < -0.3 is 10.8 Å². The third kappa shape index (κ3) is 2.96. The van der Waals surface area contributed by atoms with Gasteiger partial charge in [0.15, 0.2) is 0 Å². The van der Waals surface area contributed by atoms with Crippen molar-refractivity contribution in [1.82, 2.24) is 0 Å². The summed E-state index contributed by atoms with van der Waals surface area (Å²) in [5, 5.41) is 9.65. The SMILES string of the molecule is CC(C)(C)C1CCC(C(O)CN)CC1. The highest BCUT2D eigenvalue weighted by atomic mass is 16.3. The second kappa shape index (κ2) is 4.63. The third-order valence-electron chi connectivity index (χ3n) is 3.78. The van der Waals surface area contributed by atoms with Gasteiger partial charge in [-0.15, -0.1) is 0 Å². The molecule has 0 heterocycles. The summed E-state index contributed by atoms with van der Waals surface area (Å²) in [7, 11) is 0. The van der Waals surface area contributed by atoms with Crippen molar-refractivity contribution in [3.05, 3.63) is 0 Å². The topological polar surface area (TPSA) is 46.2 Å². The van der Waals surface area contributed by atoms with Crippen molar-refractivity contribution in [2.75, 3.05) is 6.54 Å². The van der Waals surface area contributed by atoms with Crippen LogP contribution in [-0.4, -0.2) is 17.8 Å². The maximum Gasteiger partial charge on any atom is 0.0690 e. The lowest BCUT2D eigenvalue weighted by Gasteiger charge is -2.38. The number of rotatable bonds is 2. The summed E-state index contributed by atoms with van der Waals surface area (Å²) >= 11 is 0. The Hall–Kier alpha value is -0.0800. The summed E-state index contributed by atoms with van der Waals surface area (Å²) in [5.74, 6) is 1.28. The molecule has 0 aliphatic heterocycles. The van der Waals surface area contributed by atoms with Gasteiger partial charge in [-0.25, -0.2) is 0 Å². The number of nitrogens with two attached hydrogens (primary N) is 1. The van der Waals surface area contributed by atoms with Crippen LogP contribution < -0.4 is 5.73 Å². The Kier molecular flexibility index (Phi) is 3.96. The first-order chi connectivity index (χ1) is 6.45. The Morgan fingerprint density at radius 2 is 1.71 bits per heavy atom. The molecule has 84 valence electrons. The van der Waals surface area contributed by atoms with Crippen LogP contribution in [0.4, 0.5) is 0 Å². The molecule has 0 aromatic carbocycles. The Morgan fingerprint density at radius 3 is 2.07 bits per heavy atom. The highest BCUT2D eigenvalue weighted by Crippen LogP contribution is 2.40. The summed E-state index contributed by atoms with van der Waals surface area (Å²) in [6.07, 6.45) is 4.55. The molecule has 2 heteroatoms.